The summed E-state index contributed by atoms with van der Waals surface area (Å²) in [4.78, 5) is 28.5. The van der Waals surface area contributed by atoms with Crippen LogP contribution < -0.4 is 15.8 Å². The number of nitrogens with zero attached hydrogens (tertiary/aromatic N) is 1. The van der Waals surface area contributed by atoms with E-state index in [-0.39, 0.29) is 24.2 Å². The van der Waals surface area contributed by atoms with Crippen molar-refractivity contribution in [1.29, 1.82) is 0 Å². The molecule has 4 nitrogen and oxygen atoms in total. The van der Waals surface area contributed by atoms with Gasteiger partial charge in [0.05, 0.1) is 12.5 Å². The highest BCUT2D eigenvalue weighted by atomic mass is 19.1. The van der Waals surface area contributed by atoms with Crippen LogP contribution in [0.2, 0.25) is 0 Å². The highest BCUT2D eigenvalue weighted by Gasteiger charge is 2.25. The summed E-state index contributed by atoms with van der Waals surface area (Å²) >= 11 is 0. The summed E-state index contributed by atoms with van der Waals surface area (Å²) in [5.74, 6) is -0.686. The predicted molar refractivity (Wildman–Crippen MR) is 157 cm³/mol. The zero-order valence-corrected chi connectivity index (χ0v) is 22.7. The van der Waals surface area contributed by atoms with E-state index in [4.69, 9.17) is 0 Å². The number of nitrogens with one attached hydrogen (secondary N) is 1. The normalized spacial score (nSPS) is 15.5. The molecule has 0 bridgehead atoms. The summed E-state index contributed by atoms with van der Waals surface area (Å²) in [6.45, 7) is 0. The minimum absolute atomic E-state index is 0.0201. The van der Waals surface area contributed by atoms with Crippen LogP contribution in [0.1, 0.15) is 45.9 Å². The highest BCUT2D eigenvalue weighted by molar-refractivity contribution is 6.24. The molecule has 0 saturated heterocycles. The second-order valence-corrected chi connectivity index (χ2v) is 10.8. The number of ketones is 1. The molecule has 6 rings (SSSR count). The Morgan fingerprint density at radius 2 is 1.57 bits per heavy atom. The zero-order chi connectivity index (χ0) is 27.8. The van der Waals surface area contributed by atoms with E-state index in [1.807, 2.05) is 0 Å². The van der Waals surface area contributed by atoms with Crippen LogP contribution >= 0.6 is 0 Å². The molecule has 0 fully saturated rings. The first kappa shape index (κ1) is 25.9. The lowest BCUT2D eigenvalue weighted by atomic mass is 9.82. The molecule has 2 aliphatic carbocycles. The van der Waals surface area contributed by atoms with Crippen molar-refractivity contribution in [3.63, 3.8) is 0 Å². The first-order valence-electron chi connectivity index (χ1n) is 13.7. The first-order valence-corrected chi connectivity index (χ1v) is 13.7. The van der Waals surface area contributed by atoms with E-state index in [0.29, 0.717) is 16.8 Å². The molecule has 5 heteroatoms. The van der Waals surface area contributed by atoms with Crippen LogP contribution in [0.5, 0.6) is 0 Å². The van der Waals surface area contributed by atoms with Gasteiger partial charge in [-0.2, -0.15) is 0 Å². The largest absolute Gasteiger partial charge is 0.326 e. The molecule has 4 aromatic rings. The molecule has 0 saturated carbocycles. The van der Waals surface area contributed by atoms with Crippen LogP contribution in [0, 0.1) is 16.3 Å². The van der Waals surface area contributed by atoms with Crippen molar-refractivity contribution in [3.8, 4) is 0 Å². The summed E-state index contributed by atoms with van der Waals surface area (Å²) in [5.41, 5.74) is 4.93. The molecule has 0 radical (unpaired) electrons. The fourth-order valence-electron chi connectivity index (χ4n) is 6.05. The number of anilines is 1. The number of fused-ring (bicyclic) bond motifs is 4. The number of rotatable bonds is 6. The minimum atomic E-state index is -0.399. The second-order valence-electron chi connectivity index (χ2n) is 10.8. The third-order valence-corrected chi connectivity index (χ3v) is 7.99. The maximum atomic E-state index is 13.9. The Kier molecular flexibility index (Phi) is 6.91. The Labute approximate surface area is 232 Å². The summed E-state index contributed by atoms with van der Waals surface area (Å²) in [6, 6.07) is 26.2. The summed E-state index contributed by atoms with van der Waals surface area (Å²) in [6.07, 6.45) is 4.88. The molecule has 0 aromatic heterocycles. The van der Waals surface area contributed by atoms with Gasteiger partial charge in [0.2, 0.25) is 5.91 Å². The molecule has 4 aromatic carbocycles. The van der Waals surface area contributed by atoms with Gasteiger partial charge in [-0.05, 0) is 101 Å². The summed E-state index contributed by atoms with van der Waals surface area (Å²) in [7, 11) is 4.21. The van der Waals surface area contributed by atoms with Crippen LogP contribution in [-0.2, 0) is 17.6 Å². The lowest BCUT2D eigenvalue weighted by Crippen LogP contribution is -2.31. The van der Waals surface area contributed by atoms with E-state index in [1.165, 1.54) is 32.8 Å². The van der Waals surface area contributed by atoms with E-state index < -0.39 is 5.82 Å². The van der Waals surface area contributed by atoms with Gasteiger partial charge >= 0.3 is 0 Å². The van der Waals surface area contributed by atoms with Gasteiger partial charge in [-0.1, -0.05) is 60.7 Å². The molecular weight excluding hydrogens is 499 g/mol. The average Bonchev–Trinajstić information content (AvgIpc) is 2.97. The number of amides is 1. The van der Waals surface area contributed by atoms with Crippen molar-refractivity contribution < 1.29 is 14.0 Å². The van der Waals surface area contributed by atoms with E-state index in [1.54, 1.807) is 42.5 Å². The minimum Gasteiger partial charge on any atom is -0.326 e. The number of hydrogen-bond donors (Lipinski definition) is 1. The first-order chi connectivity index (χ1) is 19.4. The van der Waals surface area contributed by atoms with Crippen LogP contribution in [0.4, 0.5) is 10.1 Å². The van der Waals surface area contributed by atoms with Gasteiger partial charge in [-0.25, -0.2) is 4.39 Å². The van der Waals surface area contributed by atoms with E-state index in [9.17, 15) is 14.0 Å². The standard InChI is InChI=1S/C35H31FN2O2/c1-38(2)32-20-23-8-3-5-10-26(23)29-19-18-27-28(34(29)32)11-7-12-30(27)35(40)22-14-16-25(17-15-22)37-33(39)21-24-9-4-6-13-31(24)36/h3-6,8-10,13-20,32H,7,11-12,21H2,1-2H3,(H,37,39). The van der Waals surface area contributed by atoms with Crippen LogP contribution in [-0.4, -0.2) is 30.7 Å². The lowest BCUT2D eigenvalue weighted by Gasteiger charge is -2.29. The molecule has 1 N–H and O–H groups in total. The lowest BCUT2D eigenvalue weighted by molar-refractivity contribution is -0.115. The number of Topliss-reactive ketones (excluding diaryl/α,β-unsaturated/α-hetero) is 1. The molecule has 40 heavy (non-hydrogen) atoms. The van der Waals surface area contributed by atoms with E-state index >= 15 is 0 Å². The van der Waals surface area contributed by atoms with Crippen molar-refractivity contribution in [1.82, 2.24) is 4.90 Å². The molecule has 1 amide bonds. The Hall–Kier alpha value is -4.35. The van der Waals surface area contributed by atoms with Crippen molar-refractivity contribution in [2.45, 2.75) is 31.7 Å². The van der Waals surface area contributed by atoms with Crippen molar-refractivity contribution in [2.75, 3.05) is 19.4 Å². The third kappa shape index (κ3) is 4.78. The SMILES string of the molecule is CN(C)C1C=c2ccccc2=c2ccc3c(c21)CCCC=3C(=O)c1ccc(NC(=O)Cc2ccccc2F)cc1. The Morgan fingerprint density at radius 3 is 2.35 bits per heavy atom. The van der Waals surface area contributed by atoms with Gasteiger partial charge in [0.15, 0.2) is 5.78 Å². The van der Waals surface area contributed by atoms with Gasteiger partial charge in [0, 0.05) is 16.8 Å². The van der Waals surface area contributed by atoms with E-state index in [2.05, 4.69) is 66.8 Å². The van der Waals surface area contributed by atoms with Gasteiger partial charge in [-0.3, -0.25) is 14.5 Å². The topological polar surface area (TPSA) is 49.4 Å². The molecule has 1 atom stereocenters. The van der Waals surface area contributed by atoms with Crippen LogP contribution in [0.3, 0.4) is 0 Å². The number of carbonyl (C=O) groups is 2. The van der Waals surface area contributed by atoms with Crippen molar-refractivity contribution in [2.24, 2.45) is 0 Å². The second kappa shape index (κ2) is 10.7. The molecule has 2 aliphatic rings. The molecule has 200 valence electrons. The number of hydrogen-bond acceptors (Lipinski definition) is 3. The Morgan fingerprint density at radius 1 is 0.850 bits per heavy atom. The fraction of sp³-hybridized carbons (Fsp3) is 0.200. The Balaban J connectivity index is 1.33. The smallest absolute Gasteiger partial charge is 0.228 e. The van der Waals surface area contributed by atoms with Gasteiger partial charge in [-0.15, -0.1) is 0 Å². The zero-order valence-electron chi connectivity index (χ0n) is 22.7. The number of carbonyl (C=O) groups excluding carboxylic acids is 2. The quantitative estimate of drug-likeness (QED) is 0.355. The maximum Gasteiger partial charge on any atom is 0.228 e. The van der Waals surface area contributed by atoms with Crippen molar-refractivity contribution in [3.05, 3.63) is 134 Å². The summed E-state index contributed by atoms with van der Waals surface area (Å²) < 4.78 is 13.9. The maximum absolute atomic E-state index is 13.9. The molecule has 0 heterocycles. The summed E-state index contributed by atoms with van der Waals surface area (Å²) in [5, 5.41) is 7.59. The number of halogens is 1. The van der Waals surface area contributed by atoms with Gasteiger partial charge < -0.3 is 5.32 Å². The monoisotopic (exact) mass is 530 g/mol. The molecule has 0 spiro atoms. The van der Waals surface area contributed by atoms with E-state index in [0.717, 1.165) is 30.1 Å². The molecule has 1 unspecified atom stereocenters. The van der Waals surface area contributed by atoms with Gasteiger partial charge in [0.1, 0.15) is 5.82 Å². The fourth-order valence-corrected chi connectivity index (χ4v) is 6.05. The third-order valence-electron chi connectivity index (χ3n) is 7.99. The highest BCUT2D eigenvalue weighted by Crippen LogP contribution is 2.30. The Bertz CT molecular complexity index is 1860. The number of benzene rings is 4. The van der Waals surface area contributed by atoms with Gasteiger partial charge in [0.25, 0.3) is 0 Å². The molecule has 0 aliphatic heterocycles. The van der Waals surface area contributed by atoms with Crippen LogP contribution in [0.25, 0.3) is 11.6 Å². The van der Waals surface area contributed by atoms with Crippen LogP contribution in [0.15, 0.2) is 84.9 Å². The average molecular weight is 531 g/mol. The van der Waals surface area contributed by atoms with Crippen molar-refractivity contribution >= 4 is 29.0 Å². The predicted octanol–water partition coefficient (Wildman–Crippen LogP) is 5.06. The molecular formula is C35H31FN2O2.